The van der Waals surface area contributed by atoms with E-state index >= 15 is 0 Å². The van der Waals surface area contributed by atoms with E-state index in [0.717, 1.165) is 17.5 Å². The van der Waals surface area contributed by atoms with E-state index in [-0.39, 0.29) is 16.2 Å². The van der Waals surface area contributed by atoms with Crippen molar-refractivity contribution in [2.75, 3.05) is 12.8 Å². The van der Waals surface area contributed by atoms with Crippen LogP contribution >= 0.6 is 23.1 Å². The predicted molar refractivity (Wildman–Crippen MR) is 88.4 cm³/mol. The van der Waals surface area contributed by atoms with Gasteiger partial charge >= 0.3 is 0 Å². The van der Waals surface area contributed by atoms with Crippen molar-refractivity contribution in [1.82, 2.24) is 4.72 Å². The molecule has 0 aliphatic heterocycles. The summed E-state index contributed by atoms with van der Waals surface area (Å²) in [6.45, 7) is 0.189. The number of rotatable bonds is 6. The molecule has 2 aromatic rings. The zero-order valence-corrected chi connectivity index (χ0v) is 14.1. The van der Waals surface area contributed by atoms with Gasteiger partial charge in [-0.25, -0.2) is 13.1 Å². The molecule has 2 N–H and O–H groups in total. The van der Waals surface area contributed by atoms with Crippen LogP contribution < -0.4 is 4.72 Å². The lowest BCUT2D eigenvalue weighted by molar-refractivity contribution is 0.283. The van der Waals surface area contributed by atoms with E-state index in [1.807, 2.05) is 24.5 Å². The van der Waals surface area contributed by atoms with Crippen LogP contribution in [0, 0.1) is 0 Å². The van der Waals surface area contributed by atoms with E-state index < -0.39 is 10.0 Å². The molecule has 4 nitrogen and oxygen atoms in total. The average molecular weight is 343 g/mol. The van der Waals surface area contributed by atoms with Gasteiger partial charge in [0.15, 0.2) is 0 Å². The van der Waals surface area contributed by atoms with E-state index in [2.05, 4.69) is 4.72 Å². The first kappa shape index (κ1) is 15.3. The molecule has 1 aromatic carbocycles. The molecule has 0 radical (unpaired) electrons. The van der Waals surface area contributed by atoms with E-state index in [0.29, 0.717) is 16.8 Å². The van der Waals surface area contributed by atoms with Crippen LogP contribution in [0.1, 0.15) is 17.7 Å². The molecule has 7 heteroatoms. The third-order valence-corrected chi connectivity index (χ3v) is 8.09. The maximum atomic E-state index is 12.7. The van der Waals surface area contributed by atoms with Crippen LogP contribution in [0.15, 0.2) is 29.2 Å². The van der Waals surface area contributed by atoms with Crippen molar-refractivity contribution in [3.8, 4) is 0 Å². The Labute approximate surface area is 132 Å². The molecule has 1 aromatic heterocycles. The lowest BCUT2D eigenvalue weighted by Gasteiger charge is -2.13. The Morgan fingerprint density at radius 3 is 2.71 bits per heavy atom. The van der Waals surface area contributed by atoms with Gasteiger partial charge in [-0.1, -0.05) is 18.2 Å². The van der Waals surface area contributed by atoms with Gasteiger partial charge in [0.1, 0.15) is 4.90 Å². The first-order chi connectivity index (χ1) is 10.0. The number of thiophene rings is 1. The van der Waals surface area contributed by atoms with E-state index in [4.69, 9.17) is 0 Å². The van der Waals surface area contributed by atoms with Crippen molar-refractivity contribution in [2.24, 2.45) is 0 Å². The topological polar surface area (TPSA) is 66.4 Å². The van der Waals surface area contributed by atoms with Crippen LogP contribution in [0.25, 0.3) is 10.1 Å². The van der Waals surface area contributed by atoms with Gasteiger partial charge in [0, 0.05) is 21.4 Å². The van der Waals surface area contributed by atoms with Crippen molar-refractivity contribution in [3.63, 3.8) is 0 Å². The predicted octanol–water partition coefficient (Wildman–Crippen LogP) is 2.57. The number of thioether (sulfide) groups is 1. The minimum absolute atomic E-state index is 0.0677. The van der Waals surface area contributed by atoms with E-state index in [9.17, 15) is 13.5 Å². The molecule has 1 saturated carbocycles. The van der Waals surface area contributed by atoms with Crippen molar-refractivity contribution in [3.05, 3.63) is 29.1 Å². The fourth-order valence-electron chi connectivity index (χ4n) is 2.36. The van der Waals surface area contributed by atoms with Crippen LogP contribution in [0.5, 0.6) is 0 Å². The van der Waals surface area contributed by atoms with Crippen LogP contribution in [0.2, 0.25) is 0 Å². The summed E-state index contributed by atoms with van der Waals surface area (Å²) in [5, 5.41) is 10.2. The molecule has 0 bridgehead atoms. The third kappa shape index (κ3) is 2.85. The van der Waals surface area contributed by atoms with Crippen LogP contribution in [-0.4, -0.2) is 31.1 Å². The molecule has 1 fully saturated rings. The first-order valence-corrected chi connectivity index (χ1v) is 10.2. The Morgan fingerprint density at radius 2 is 2.10 bits per heavy atom. The lowest BCUT2D eigenvalue weighted by atomic mass is 10.2. The third-order valence-electron chi connectivity index (χ3n) is 3.86. The minimum atomic E-state index is -3.60. The quantitative estimate of drug-likeness (QED) is 0.846. The second-order valence-corrected chi connectivity index (χ2v) is 9.34. The maximum Gasteiger partial charge on any atom is 0.242 e. The number of fused-ring (bicyclic) bond motifs is 1. The molecule has 1 heterocycles. The summed E-state index contributed by atoms with van der Waals surface area (Å²) in [6.07, 6.45) is 4.11. The van der Waals surface area contributed by atoms with Gasteiger partial charge in [-0.2, -0.15) is 11.8 Å². The summed E-state index contributed by atoms with van der Waals surface area (Å²) in [5.74, 6) is 0. The highest BCUT2D eigenvalue weighted by atomic mass is 32.2. The molecular formula is C14H17NO3S3. The van der Waals surface area contributed by atoms with E-state index in [1.165, 1.54) is 11.3 Å². The highest BCUT2D eigenvalue weighted by Crippen LogP contribution is 2.46. The molecule has 1 aliphatic rings. The monoisotopic (exact) mass is 343 g/mol. The van der Waals surface area contributed by atoms with Gasteiger partial charge in [0.25, 0.3) is 0 Å². The molecule has 0 amide bonds. The van der Waals surface area contributed by atoms with Crippen LogP contribution in [0.4, 0.5) is 0 Å². The number of hydrogen-bond donors (Lipinski definition) is 2. The molecule has 0 saturated heterocycles. The van der Waals surface area contributed by atoms with Gasteiger partial charge in [-0.05, 0) is 25.2 Å². The maximum absolute atomic E-state index is 12.7. The summed E-state index contributed by atoms with van der Waals surface area (Å²) in [5.41, 5.74) is 0. The lowest BCUT2D eigenvalue weighted by Crippen LogP contribution is -2.32. The van der Waals surface area contributed by atoms with Gasteiger partial charge in [0.2, 0.25) is 10.0 Å². The Balaban J connectivity index is 1.98. The highest BCUT2D eigenvalue weighted by Gasteiger charge is 2.42. The second kappa shape index (κ2) is 5.55. The summed E-state index contributed by atoms with van der Waals surface area (Å²) >= 11 is 3.05. The summed E-state index contributed by atoms with van der Waals surface area (Å²) in [6, 6.07) is 7.36. The molecule has 0 spiro atoms. The number of aliphatic hydroxyl groups excluding tert-OH is 1. The van der Waals surface area contributed by atoms with Crippen molar-refractivity contribution in [1.29, 1.82) is 0 Å². The average Bonchev–Trinajstić information content (AvgIpc) is 3.17. The van der Waals surface area contributed by atoms with Gasteiger partial charge in [-0.15, -0.1) is 11.3 Å². The molecule has 3 rings (SSSR count). The van der Waals surface area contributed by atoms with Crippen LogP contribution in [-0.2, 0) is 16.6 Å². The Bertz CT molecular complexity index is 763. The Kier molecular flexibility index (Phi) is 4.04. The number of sulfonamides is 1. The van der Waals surface area contributed by atoms with Crippen molar-refractivity contribution >= 4 is 43.2 Å². The van der Waals surface area contributed by atoms with Gasteiger partial charge < -0.3 is 5.11 Å². The summed E-state index contributed by atoms with van der Waals surface area (Å²) in [7, 11) is -3.60. The summed E-state index contributed by atoms with van der Waals surface area (Å²) < 4.78 is 29.0. The largest absolute Gasteiger partial charge is 0.391 e. The number of aliphatic hydroxyl groups is 1. The number of hydrogen-bond acceptors (Lipinski definition) is 5. The fourth-order valence-corrected chi connectivity index (χ4v) is 6.10. The zero-order valence-electron chi connectivity index (χ0n) is 11.6. The Morgan fingerprint density at radius 1 is 1.38 bits per heavy atom. The van der Waals surface area contributed by atoms with Gasteiger partial charge in [0.05, 0.1) is 11.5 Å². The van der Waals surface area contributed by atoms with Crippen molar-refractivity contribution in [2.45, 2.75) is 29.1 Å². The molecule has 114 valence electrons. The van der Waals surface area contributed by atoms with Gasteiger partial charge in [-0.3, -0.25) is 0 Å². The zero-order chi connectivity index (χ0) is 15.1. The molecule has 1 aliphatic carbocycles. The second-order valence-electron chi connectivity index (χ2n) is 5.22. The van der Waals surface area contributed by atoms with Crippen molar-refractivity contribution < 1.29 is 13.5 Å². The standard InChI is InChI=1S/C14H17NO3S3/c1-19-14(6-7-14)9-15-21(17,18)13-10-4-2-3-5-11(10)20-12(13)8-16/h2-5,15-16H,6-9H2,1H3. The number of benzene rings is 1. The Hall–Kier alpha value is -0.600. The highest BCUT2D eigenvalue weighted by molar-refractivity contribution is 8.00. The minimum Gasteiger partial charge on any atom is -0.391 e. The summed E-state index contributed by atoms with van der Waals surface area (Å²) in [4.78, 5) is 0.736. The normalized spacial score (nSPS) is 17.2. The molecule has 21 heavy (non-hydrogen) atoms. The molecule has 0 unspecified atom stereocenters. The molecular weight excluding hydrogens is 326 g/mol. The first-order valence-electron chi connectivity index (χ1n) is 6.67. The molecule has 0 atom stereocenters. The SMILES string of the molecule is CSC1(CNS(=O)(=O)c2c(CO)sc3ccccc23)CC1. The number of nitrogens with one attached hydrogen (secondary N) is 1. The van der Waals surface area contributed by atoms with E-state index in [1.54, 1.807) is 17.8 Å². The van der Waals surface area contributed by atoms with Crippen LogP contribution in [0.3, 0.4) is 0 Å². The smallest absolute Gasteiger partial charge is 0.242 e. The fraction of sp³-hybridized carbons (Fsp3) is 0.429.